The van der Waals surface area contributed by atoms with Gasteiger partial charge in [0.1, 0.15) is 5.82 Å². The Morgan fingerprint density at radius 1 is 0.969 bits per heavy atom. The van der Waals surface area contributed by atoms with E-state index in [4.69, 9.17) is 9.94 Å². The summed E-state index contributed by atoms with van der Waals surface area (Å²) in [6, 6.07) is 15.9. The molecule has 164 valence electrons. The van der Waals surface area contributed by atoms with Crippen molar-refractivity contribution in [1.82, 2.24) is 10.8 Å². The number of methoxy groups -OCH3 is 1. The van der Waals surface area contributed by atoms with Gasteiger partial charge in [-0.05, 0) is 59.2 Å². The predicted octanol–water partition coefficient (Wildman–Crippen LogP) is 3.95. The second-order valence-electron chi connectivity index (χ2n) is 6.78. The smallest absolute Gasteiger partial charge is 0.274 e. The highest BCUT2D eigenvalue weighted by atomic mass is 19.1. The molecule has 0 atom stereocenters. The van der Waals surface area contributed by atoms with E-state index >= 15 is 0 Å². The van der Waals surface area contributed by atoms with Crippen molar-refractivity contribution in [3.63, 3.8) is 0 Å². The van der Waals surface area contributed by atoms with E-state index in [-0.39, 0.29) is 23.4 Å². The first kappa shape index (κ1) is 22.6. The molecule has 0 fully saturated rings. The number of halogens is 2. The van der Waals surface area contributed by atoms with Gasteiger partial charge in [-0.25, -0.2) is 14.3 Å². The molecule has 2 amide bonds. The van der Waals surface area contributed by atoms with Crippen LogP contribution in [0.3, 0.4) is 0 Å². The van der Waals surface area contributed by atoms with Crippen LogP contribution in [0.2, 0.25) is 0 Å². The van der Waals surface area contributed by atoms with Gasteiger partial charge >= 0.3 is 0 Å². The van der Waals surface area contributed by atoms with Crippen molar-refractivity contribution in [2.45, 2.75) is 6.54 Å². The lowest BCUT2D eigenvalue weighted by Crippen LogP contribution is -2.24. The van der Waals surface area contributed by atoms with E-state index in [9.17, 15) is 18.4 Å². The van der Waals surface area contributed by atoms with E-state index in [1.807, 2.05) is 0 Å². The fraction of sp³-hybridized carbons (Fsp3) is 0.0833. The maximum absolute atomic E-state index is 13.7. The number of carbonyl (C=O) groups is 2. The van der Waals surface area contributed by atoms with Gasteiger partial charge in [-0.2, -0.15) is 0 Å². The largest absolute Gasteiger partial charge is 0.494 e. The van der Waals surface area contributed by atoms with Crippen molar-refractivity contribution in [2.75, 3.05) is 7.11 Å². The first-order valence-electron chi connectivity index (χ1n) is 9.54. The zero-order valence-electron chi connectivity index (χ0n) is 17.1. The summed E-state index contributed by atoms with van der Waals surface area (Å²) in [6.45, 7) is 0.158. The lowest BCUT2D eigenvalue weighted by molar-refractivity contribution is -0.115. The number of benzene rings is 3. The lowest BCUT2D eigenvalue weighted by Gasteiger charge is -2.11. The number of ether oxygens (including phenoxy) is 1. The minimum absolute atomic E-state index is 0.0321. The second kappa shape index (κ2) is 10.3. The first-order valence-corrected chi connectivity index (χ1v) is 9.54. The summed E-state index contributed by atoms with van der Waals surface area (Å²) >= 11 is 0. The van der Waals surface area contributed by atoms with Crippen LogP contribution >= 0.6 is 0 Å². The molecule has 0 saturated carbocycles. The number of hydrogen-bond donors (Lipinski definition) is 3. The molecular weight excluding hydrogens is 418 g/mol. The molecule has 32 heavy (non-hydrogen) atoms. The fourth-order valence-electron chi connectivity index (χ4n) is 2.96. The Morgan fingerprint density at radius 3 is 2.25 bits per heavy atom. The highest BCUT2D eigenvalue weighted by Crippen LogP contribution is 2.24. The molecule has 0 bridgehead atoms. The van der Waals surface area contributed by atoms with Crippen molar-refractivity contribution in [1.29, 1.82) is 0 Å². The Hall–Kier alpha value is -4.04. The van der Waals surface area contributed by atoms with E-state index < -0.39 is 23.4 Å². The molecule has 3 aromatic rings. The summed E-state index contributed by atoms with van der Waals surface area (Å²) in [6.07, 6.45) is 1.55. The number of hydroxylamine groups is 1. The summed E-state index contributed by atoms with van der Waals surface area (Å²) in [5.41, 5.74) is 3.77. The van der Waals surface area contributed by atoms with Crippen LogP contribution in [0.5, 0.6) is 5.75 Å². The van der Waals surface area contributed by atoms with Gasteiger partial charge in [-0.1, -0.05) is 30.3 Å². The van der Waals surface area contributed by atoms with Crippen LogP contribution in [0, 0.1) is 11.6 Å². The Labute approximate surface area is 183 Å². The molecular formula is C24H20F2N2O4. The highest BCUT2D eigenvalue weighted by molar-refractivity contribution is 6.24. The number of amides is 2. The third-order valence-corrected chi connectivity index (χ3v) is 4.66. The van der Waals surface area contributed by atoms with Gasteiger partial charge in [0.25, 0.3) is 11.8 Å². The van der Waals surface area contributed by atoms with Crippen LogP contribution in [-0.4, -0.2) is 24.1 Å². The Kier molecular flexibility index (Phi) is 7.30. The number of carbonyl (C=O) groups excluding carboxylic acids is 2. The molecule has 3 rings (SSSR count). The molecule has 0 radical (unpaired) electrons. The van der Waals surface area contributed by atoms with Crippen molar-refractivity contribution >= 4 is 23.5 Å². The molecule has 0 saturated heterocycles. The molecule has 0 spiro atoms. The zero-order valence-corrected chi connectivity index (χ0v) is 17.1. The molecule has 0 aliphatic carbocycles. The molecule has 0 aromatic heterocycles. The minimum atomic E-state index is -0.642. The van der Waals surface area contributed by atoms with Gasteiger partial charge < -0.3 is 10.1 Å². The van der Waals surface area contributed by atoms with Gasteiger partial charge in [-0.15, -0.1) is 0 Å². The molecule has 0 heterocycles. The quantitative estimate of drug-likeness (QED) is 0.226. The summed E-state index contributed by atoms with van der Waals surface area (Å²) in [5, 5.41) is 11.5. The summed E-state index contributed by atoms with van der Waals surface area (Å²) in [4.78, 5) is 24.4. The van der Waals surface area contributed by atoms with E-state index in [0.717, 1.165) is 5.56 Å². The SMILES string of the molecule is COc1cc(/C=C(/C(=O)NCc2ccc(C(=O)NO)cc2)c2ccc(F)cc2)ccc1F. The average molecular weight is 438 g/mol. The Balaban J connectivity index is 1.85. The maximum Gasteiger partial charge on any atom is 0.274 e. The normalized spacial score (nSPS) is 11.1. The highest BCUT2D eigenvalue weighted by Gasteiger charge is 2.14. The summed E-state index contributed by atoms with van der Waals surface area (Å²) in [7, 11) is 1.34. The molecule has 3 aromatic carbocycles. The summed E-state index contributed by atoms with van der Waals surface area (Å²) in [5.74, 6) is -2.02. The van der Waals surface area contributed by atoms with Crippen LogP contribution in [-0.2, 0) is 11.3 Å². The third kappa shape index (κ3) is 5.55. The van der Waals surface area contributed by atoms with Crippen LogP contribution in [0.1, 0.15) is 27.0 Å². The lowest BCUT2D eigenvalue weighted by atomic mass is 10.0. The second-order valence-corrected chi connectivity index (χ2v) is 6.78. The van der Waals surface area contributed by atoms with Crippen LogP contribution < -0.4 is 15.5 Å². The minimum Gasteiger partial charge on any atom is -0.494 e. The molecule has 6 nitrogen and oxygen atoms in total. The molecule has 3 N–H and O–H groups in total. The predicted molar refractivity (Wildman–Crippen MR) is 115 cm³/mol. The van der Waals surface area contributed by atoms with Gasteiger partial charge in [0.05, 0.1) is 7.11 Å². The van der Waals surface area contributed by atoms with Crippen molar-refractivity contribution < 1.29 is 28.3 Å². The zero-order chi connectivity index (χ0) is 23.1. The first-order chi connectivity index (χ1) is 15.4. The van der Waals surface area contributed by atoms with Gasteiger partial charge in [0.15, 0.2) is 11.6 Å². The van der Waals surface area contributed by atoms with E-state index in [0.29, 0.717) is 11.1 Å². The Morgan fingerprint density at radius 2 is 1.62 bits per heavy atom. The maximum atomic E-state index is 13.7. The van der Waals surface area contributed by atoms with E-state index in [1.165, 1.54) is 61.7 Å². The van der Waals surface area contributed by atoms with E-state index in [2.05, 4.69) is 5.32 Å². The van der Waals surface area contributed by atoms with E-state index in [1.54, 1.807) is 23.7 Å². The standard InChI is InChI=1S/C24H20F2N2O4/c1-32-22-13-16(4-11-21(22)26)12-20(17-7-9-19(25)10-8-17)24(30)27-14-15-2-5-18(6-3-15)23(29)28-31/h2-13,31H,14H2,1H3,(H,27,30)(H,28,29)/b20-12+. The van der Waals surface area contributed by atoms with Crippen LogP contribution in [0.15, 0.2) is 66.7 Å². The van der Waals surface area contributed by atoms with Crippen molar-refractivity contribution in [3.8, 4) is 5.75 Å². The fourth-order valence-corrected chi connectivity index (χ4v) is 2.96. The van der Waals surface area contributed by atoms with Crippen molar-refractivity contribution in [2.24, 2.45) is 0 Å². The van der Waals surface area contributed by atoms with Crippen LogP contribution in [0.25, 0.3) is 11.6 Å². The average Bonchev–Trinajstić information content (AvgIpc) is 2.82. The number of rotatable bonds is 7. The monoisotopic (exact) mass is 438 g/mol. The van der Waals surface area contributed by atoms with Gasteiger partial charge in [0, 0.05) is 17.7 Å². The molecule has 8 heteroatoms. The van der Waals surface area contributed by atoms with Gasteiger partial charge in [0.2, 0.25) is 0 Å². The molecule has 0 aliphatic heterocycles. The molecule has 0 aliphatic rings. The third-order valence-electron chi connectivity index (χ3n) is 4.66. The van der Waals surface area contributed by atoms with Crippen LogP contribution in [0.4, 0.5) is 8.78 Å². The Bertz CT molecular complexity index is 1140. The number of nitrogens with one attached hydrogen (secondary N) is 2. The molecule has 0 unspecified atom stereocenters. The number of hydrogen-bond acceptors (Lipinski definition) is 4. The van der Waals surface area contributed by atoms with Crippen molar-refractivity contribution in [3.05, 3.63) is 101 Å². The van der Waals surface area contributed by atoms with Gasteiger partial charge in [-0.3, -0.25) is 14.8 Å². The topological polar surface area (TPSA) is 87.7 Å². The summed E-state index contributed by atoms with van der Waals surface area (Å²) < 4.78 is 32.1.